The molecule has 1 N–H and O–H groups in total. The minimum absolute atomic E-state index is 0.290. The van der Waals surface area contributed by atoms with Crippen molar-refractivity contribution in [1.82, 2.24) is 10.2 Å². The molecule has 0 aliphatic carbocycles. The topological polar surface area (TPSA) is 24.5 Å². The smallest absolute Gasteiger partial charge is 0.0630 e. The van der Waals surface area contributed by atoms with E-state index in [0.717, 1.165) is 13.2 Å². The molecule has 0 aromatic rings. The van der Waals surface area contributed by atoms with Crippen LogP contribution in [0, 0.1) is 5.41 Å². The second kappa shape index (κ2) is 7.34. The molecular weight excluding hydrogens is 212 g/mol. The second-order valence-electron chi connectivity index (χ2n) is 6.38. The van der Waals surface area contributed by atoms with E-state index in [1.165, 1.54) is 0 Å². The van der Waals surface area contributed by atoms with E-state index in [-0.39, 0.29) is 0 Å². The zero-order valence-corrected chi connectivity index (χ0v) is 13.0. The fourth-order valence-corrected chi connectivity index (χ4v) is 1.81. The summed E-state index contributed by atoms with van der Waals surface area (Å²) in [7, 11) is 3.97. The fourth-order valence-electron chi connectivity index (χ4n) is 1.81. The Balaban J connectivity index is 4.47. The van der Waals surface area contributed by atoms with Crippen molar-refractivity contribution in [3.8, 4) is 0 Å². The summed E-state index contributed by atoms with van der Waals surface area (Å²) in [5, 5.41) is 3.50. The molecule has 2 unspecified atom stereocenters. The number of nitrogens with one attached hydrogen (secondary N) is 1. The second-order valence-corrected chi connectivity index (χ2v) is 6.38. The number of rotatable bonds is 7. The summed E-state index contributed by atoms with van der Waals surface area (Å²) < 4.78 is 5.34. The zero-order valence-electron chi connectivity index (χ0n) is 13.0. The number of likely N-dealkylation sites (N-methyl/N-ethyl adjacent to an activating group) is 1. The van der Waals surface area contributed by atoms with Crippen LogP contribution in [0.25, 0.3) is 0 Å². The molecule has 0 saturated heterocycles. The van der Waals surface area contributed by atoms with Crippen LogP contribution in [0.2, 0.25) is 0 Å². The molecule has 0 heterocycles. The van der Waals surface area contributed by atoms with Crippen LogP contribution in [-0.2, 0) is 4.74 Å². The highest BCUT2D eigenvalue weighted by molar-refractivity contribution is 4.83. The Morgan fingerprint density at radius 3 is 2.06 bits per heavy atom. The first-order valence-corrected chi connectivity index (χ1v) is 6.64. The van der Waals surface area contributed by atoms with E-state index in [2.05, 4.69) is 58.8 Å². The zero-order chi connectivity index (χ0) is 13.6. The molecule has 3 nitrogen and oxygen atoms in total. The summed E-state index contributed by atoms with van der Waals surface area (Å²) in [5.41, 5.74) is 0.290. The average molecular weight is 244 g/mol. The Hall–Kier alpha value is -0.120. The Morgan fingerprint density at radius 2 is 1.71 bits per heavy atom. The van der Waals surface area contributed by atoms with E-state index in [0.29, 0.717) is 23.5 Å². The van der Waals surface area contributed by atoms with Gasteiger partial charge >= 0.3 is 0 Å². The van der Waals surface area contributed by atoms with E-state index >= 15 is 0 Å². The van der Waals surface area contributed by atoms with Gasteiger partial charge in [-0.05, 0) is 19.4 Å². The average Bonchev–Trinajstić information content (AvgIpc) is 2.20. The molecule has 0 saturated carbocycles. The summed E-state index contributed by atoms with van der Waals surface area (Å²) in [6, 6.07) is 1.47. The summed E-state index contributed by atoms with van der Waals surface area (Å²) in [5.74, 6) is 0. The maximum absolute atomic E-state index is 5.34. The lowest BCUT2D eigenvalue weighted by molar-refractivity contribution is 0.0460. The first-order valence-electron chi connectivity index (χ1n) is 6.64. The molecule has 0 aromatic heterocycles. The minimum atomic E-state index is 0.290. The molecule has 0 aliphatic rings. The van der Waals surface area contributed by atoms with Gasteiger partial charge in [0.2, 0.25) is 0 Å². The van der Waals surface area contributed by atoms with Crippen molar-refractivity contribution < 1.29 is 4.74 Å². The van der Waals surface area contributed by atoms with Gasteiger partial charge < -0.3 is 10.1 Å². The van der Waals surface area contributed by atoms with Crippen molar-refractivity contribution in [2.45, 2.75) is 59.7 Å². The van der Waals surface area contributed by atoms with Crippen molar-refractivity contribution in [3.63, 3.8) is 0 Å². The molecule has 17 heavy (non-hydrogen) atoms. The van der Waals surface area contributed by atoms with Crippen LogP contribution in [0.3, 0.4) is 0 Å². The number of hydrogen-bond donors (Lipinski definition) is 1. The van der Waals surface area contributed by atoms with E-state index in [9.17, 15) is 0 Å². The number of nitrogens with zero attached hydrogens (tertiary/aromatic N) is 1. The molecule has 2 atom stereocenters. The predicted molar refractivity (Wildman–Crippen MR) is 75.5 cm³/mol. The molecule has 0 rings (SSSR count). The van der Waals surface area contributed by atoms with E-state index in [1.54, 1.807) is 7.11 Å². The minimum Gasteiger partial charge on any atom is -0.383 e. The first kappa shape index (κ1) is 16.9. The lowest BCUT2D eigenvalue weighted by atomic mass is 9.86. The number of ether oxygens (including phenoxy) is 1. The van der Waals surface area contributed by atoms with Gasteiger partial charge in [-0.3, -0.25) is 4.90 Å². The summed E-state index contributed by atoms with van der Waals surface area (Å²) >= 11 is 0. The molecule has 104 valence electrons. The van der Waals surface area contributed by atoms with Crippen LogP contribution in [-0.4, -0.2) is 50.3 Å². The molecule has 0 bridgehead atoms. The van der Waals surface area contributed by atoms with Gasteiger partial charge in [0.1, 0.15) is 0 Å². The standard InChI is InChI=1S/C14H32N2O/c1-11(2)15-9-13(10-17-8)16(7)12(3)14(4,5)6/h11-13,15H,9-10H2,1-8H3. The van der Waals surface area contributed by atoms with Crippen molar-refractivity contribution in [3.05, 3.63) is 0 Å². The van der Waals surface area contributed by atoms with Crippen LogP contribution in [0.4, 0.5) is 0 Å². The lowest BCUT2D eigenvalue weighted by Gasteiger charge is -2.40. The third kappa shape index (κ3) is 6.39. The highest BCUT2D eigenvalue weighted by Crippen LogP contribution is 2.24. The molecular formula is C14H32N2O. The van der Waals surface area contributed by atoms with Gasteiger partial charge in [-0.2, -0.15) is 0 Å². The number of methoxy groups -OCH3 is 1. The quantitative estimate of drug-likeness (QED) is 0.744. The largest absolute Gasteiger partial charge is 0.383 e. The molecule has 0 amide bonds. The number of hydrogen-bond acceptors (Lipinski definition) is 3. The van der Waals surface area contributed by atoms with Crippen molar-refractivity contribution in [1.29, 1.82) is 0 Å². The van der Waals surface area contributed by atoms with Crippen molar-refractivity contribution >= 4 is 0 Å². The first-order chi connectivity index (χ1) is 7.70. The Morgan fingerprint density at radius 1 is 1.18 bits per heavy atom. The summed E-state index contributed by atoms with van der Waals surface area (Å²) in [6.45, 7) is 15.3. The van der Waals surface area contributed by atoms with Gasteiger partial charge in [0.25, 0.3) is 0 Å². The van der Waals surface area contributed by atoms with Crippen LogP contribution < -0.4 is 5.32 Å². The van der Waals surface area contributed by atoms with E-state index in [4.69, 9.17) is 4.74 Å². The molecule has 0 aliphatic heterocycles. The van der Waals surface area contributed by atoms with E-state index in [1.807, 2.05) is 0 Å². The van der Waals surface area contributed by atoms with Gasteiger partial charge in [-0.25, -0.2) is 0 Å². The summed E-state index contributed by atoms with van der Waals surface area (Å²) in [4.78, 5) is 2.43. The highest BCUT2D eigenvalue weighted by atomic mass is 16.5. The SMILES string of the molecule is COCC(CNC(C)C)N(C)C(C)C(C)(C)C. The van der Waals surface area contributed by atoms with Gasteiger partial charge in [0.05, 0.1) is 6.61 Å². The maximum atomic E-state index is 5.34. The highest BCUT2D eigenvalue weighted by Gasteiger charge is 2.28. The van der Waals surface area contributed by atoms with E-state index < -0.39 is 0 Å². The van der Waals surface area contributed by atoms with Gasteiger partial charge in [-0.15, -0.1) is 0 Å². The molecule has 0 radical (unpaired) electrons. The third-order valence-corrected chi connectivity index (χ3v) is 3.56. The van der Waals surface area contributed by atoms with Gasteiger partial charge in [0.15, 0.2) is 0 Å². The van der Waals surface area contributed by atoms with Crippen molar-refractivity contribution in [2.75, 3.05) is 27.3 Å². The fraction of sp³-hybridized carbons (Fsp3) is 1.00. The maximum Gasteiger partial charge on any atom is 0.0630 e. The molecule has 0 aromatic carbocycles. The van der Waals surface area contributed by atoms with Crippen LogP contribution in [0.1, 0.15) is 41.5 Å². The Kier molecular flexibility index (Phi) is 7.29. The monoisotopic (exact) mass is 244 g/mol. The van der Waals surface area contributed by atoms with Crippen molar-refractivity contribution in [2.24, 2.45) is 5.41 Å². The van der Waals surface area contributed by atoms with Gasteiger partial charge in [0, 0.05) is 31.8 Å². The lowest BCUT2D eigenvalue weighted by Crippen LogP contribution is -2.51. The third-order valence-electron chi connectivity index (χ3n) is 3.56. The van der Waals surface area contributed by atoms with Crippen LogP contribution >= 0.6 is 0 Å². The van der Waals surface area contributed by atoms with Gasteiger partial charge in [-0.1, -0.05) is 34.6 Å². The normalized spacial score (nSPS) is 16.6. The predicted octanol–water partition coefficient (Wildman–Crippen LogP) is 2.37. The Bertz CT molecular complexity index is 199. The Labute approximate surface area is 108 Å². The summed E-state index contributed by atoms with van der Waals surface area (Å²) in [6.07, 6.45) is 0. The molecule has 0 fully saturated rings. The van der Waals surface area contributed by atoms with Crippen LogP contribution in [0.5, 0.6) is 0 Å². The van der Waals surface area contributed by atoms with Crippen LogP contribution in [0.15, 0.2) is 0 Å². The molecule has 3 heteroatoms. The molecule has 0 spiro atoms.